The first-order valence-electron chi connectivity index (χ1n) is 2.57. The van der Waals surface area contributed by atoms with Gasteiger partial charge in [-0.15, -0.1) is 0 Å². The molecule has 2 N–H and O–H groups in total. The Morgan fingerprint density at radius 1 is 1.08 bits per heavy atom. The summed E-state index contributed by atoms with van der Waals surface area (Å²) in [6.07, 6.45) is 0. The van der Waals surface area contributed by atoms with Gasteiger partial charge in [-0.3, -0.25) is 4.79 Å². The molecule has 0 aromatic rings. The van der Waals surface area contributed by atoms with Crippen molar-refractivity contribution in [3.63, 3.8) is 0 Å². The summed E-state index contributed by atoms with van der Waals surface area (Å²) in [5.74, 6) is -14.3. The molecule has 0 aliphatic heterocycles. The maximum Gasteiger partial charge on any atom is 0.393 e. The summed E-state index contributed by atoms with van der Waals surface area (Å²) in [4.78, 5) is 4.54. The van der Waals surface area contributed by atoms with E-state index in [0.29, 0.717) is 0 Å². The molecule has 0 spiro atoms. The minimum atomic E-state index is -5.87. The molecule has 1 amide bonds. The van der Waals surface area contributed by atoms with Gasteiger partial charge in [0.25, 0.3) is 5.91 Å². The molecule has 0 bridgehead atoms. The molecule has 13 heavy (non-hydrogen) atoms. The van der Waals surface area contributed by atoms with Gasteiger partial charge in [-0.05, 0) is 15.9 Å². The van der Waals surface area contributed by atoms with Crippen LogP contribution in [0, 0.1) is 0 Å². The zero-order valence-corrected chi connectivity index (χ0v) is 7.22. The van der Waals surface area contributed by atoms with Crippen LogP contribution in [0.3, 0.4) is 0 Å². The molecule has 78 valence electrons. The Morgan fingerprint density at radius 3 is 1.46 bits per heavy atom. The lowest BCUT2D eigenvalue weighted by Gasteiger charge is -2.26. The van der Waals surface area contributed by atoms with E-state index in [1.807, 2.05) is 0 Å². The number of halogens is 7. The predicted molar refractivity (Wildman–Crippen MR) is 33.0 cm³/mol. The monoisotopic (exact) mass is 273 g/mol. The molecule has 0 radical (unpaired) electrons. The van der Waals surface area contributed by atoms with Gasteiger partial charge >= 0.3 is 16.7 Å². The second kappa shape index (κ2) is 3.03. The second-order valence-corrected chi connectivity index (χ2v) is 3.01. The Labute approximate surface area is 76.2 Å². The van der Waals surface area contributed by atoms with Gasteiger partial charge in [0.15, 0.2) is 0 Å². The van der Waals surface area contributed by atoms with Crippen LogP contribution in [0.5, 0.6) is 0 Å². The first-order chi connectivity index (χ1) is 5.44. The Balaban J connectivity index is 5.16. The molecule has 0 atom stereocenters. The van der Waals surface area contributed by atoms with Crippen LogP contribution >= 0.6 is 15.9 Å². The van der Waals surface area contributed by atoms with Crippen LogP contribution in [0.15, 0.2) is 0 Å². The van der Waals surface area contributed by atoms with E-state index in [-0.39, 0.29) is 0 Å². The van der Waals surface area contributed by atoms with E-state index in [1.54, 1.807) is 0 Å². The van der Waals surface area contributed by atoms with Gasteiger partial charge in [0, 0.05) is 0 Å². The quantitative estimate of drug-likeness (QED) is 0.618. The predicted octanol–water partition coefficient (Wildman–Crippen LogP) is 1.73. The zero-order valence-electron chi connectivity index (χ0n) is 5.63. The normalized spacial score (nSPS) is 14.4. The molecule has 0 unspecified atom stereocenters. The summed E-state index contributed by atoms with van der Waals surface area (Å²) >= 11 is 1.03. The Morgan fingerprint density at radius 2 is 1.38 bits per heavy atom. The van der Waals surface area contributed by atoms with Gasteiger partial charge < -0.3 is 5.73 Å². The van der Waals surface area contributed by atoms with Crippen molar-refractivity contribution in [2.75, 3.05) is 0 Å². The maximum atomic E-state index is 12.1. The summed E-state index contributed by atoms with van der Waals surface area (Å²) in [6.45, 7) is 0. The standard InChI is InChI=1S/C4H2BrF6NO/c5-4(10,11)3(8,9)2(6,7)1(12)13/h(H2,12,13). The van der Waals surface area contributed by atoms with Crippen molar-refractivity contribution >= 4 is 21.8 Å². The Kier molecular flexibility index (Phi) is 2.92. The van der Waals surface area contributed by atoms with Crippen LogP contribution in [-0.4, -0.2) is 22.6 Å². The first-order valence-corrected chi connectivity index (χ1v) is 3.36. The van der Waals surface area contributed by atoms with Crippen molar-refractivity contribution in [1.29, 1.82) is 0 Å². The number of nitrogens with two attached hydrogens (primary N) is 1. The maximum absolute atomic E-state index is 12.1. The molecule has 9 heteroatoms. The van der Waals surface area contributed by atoms with Crippen LogP contribution in [0.1, 0.15) is 0 Å². The Bertz CT molecular complexity index is 223. The zero-order chi connectivity index (χ0) is 11.1. The topological polar surface area (TPSA) is 43.1 Å². The molecule has 0 aromatic carbocycles. The van der Waals surface area contributed by atoms with Crippen molar-refractivity contribution < 1.29 is 31.1 Å². The van der Waals surface area contributed by atoms with Crippen LogP contribution < -0.4 is 5.73 Å². The highest BCUT2D eigenvalue weighted by molar-refractivity contribution is 9.10. The third-order valence-corrected chi connectivity index (χ3v) is 1.56. The third-order valence-electron chi connectivity index (χ3n) is 1.06. The number of primary amides is 1. The van der Waals surface area contributed by atoms with Gasteiger partial charge in [-0.2, -0.15) is 26.3 Å². The summed E-state index contributed by atoms with van der Waals surface area (Å²) in [5.41, 5.74) is 3.83. The highest BCUT2D eigenvalue weighted by atomic mass is 79.9. The van der Waals surface area contributed by atoms with Gasteiger partial charge in [-0.1, -0.05) is 0 Å². The lowest BCUT2D eigenvalue weighted by molar-refractivity contribution is -0.262. The average Bonchev–Trinajstić information content (AvgIpc) is 1.84. The van der Waals surface area contributed by atoms with Crippen molar-refractivity contribution in [2.24, 2.45) is 5.73 Å². The average molecular weight is 274 g/mol. The molecule has 2 nitrogen and oxygen atoms in total. The SMILES string of the molecule is NC(=O)C(F)(F)C(F)(F)C(F)(F)Br. The number of hydrogen-bond donors (Lipinski definition) is 1. The fraction of sp³-hybridized carbons (Fsp3) is 0.750. The number of hydrogen-bond acceptors (Lipinski definition) is 1. The van der Waals surface area contributed by atoms with Crippen molar-refractivity contribution in [3.05, 3.63) is 0 Å². The number of alkyl halides is 7. The highest BCUT2D eigenvalue weighted by Crippen LogP contribution is 2.48. The fourth-order valence-corrected chi connectivity index (χ4v) is 0.582. The highest BCUT2D eigenvalue weighted by Gasteiger charge is 2.73. The number of carbonyl (C=O) groups is 1. The van der Waals surface area contributed by atoms with E-state index in [4.69, 9.17) is 0 Å². The van der Waals surface area contributed by atoms with E-state index in [9.17, 15) is 31.1 Å². The van der Waals surface area contributed by atoms with Crippen LogP contribution in [0.4, 0.5) is 26.3 Å². The number of carbonyl (C=O) groups excluding carboxylic acids is 1. The van der Waals surface area contributed by atoms with Crippen molar-refractivity contribution in [1.82, 2.24) is 0 Å². The van der Waals surface area contributed by atoms with Crippen LogP contribution in [0.25, 0.3) is 0 Å². The summed E-state index contributed by atoms with van der Waals surface area (Å²) < 4.78 is 72.1. The molecule has 0 heterocycles. The fourth-order valence-electron chi connectivity index (χ4n) is 0.333. The molecule has 0 aliphatic carbocycles. The molecule has 0 rings (SSSR count). The first kappa shape index (κ1) is 12.5. The molecular formula is C4H2BrF6NO. The third kappa shape index (κ3) is 1.89. The smallest absolute Gasteiger partial charge is 0.364 e. The molecule has 0 saturated carbocycles. The van der Waals surface area contributed by atoms with Crippen LogP contribution in [0.2, 0.25) is 0 Å². The number of rotatable bonds is 3. The Hall–Kier alpha value is -0.470. The van der Waals surface area contributed by atoms with E-state index in [1.165, 1.54) is 0 Å². The van der Waals surface area contributed by atoms with Crippen molar-refractivity contribution in [3.8, 4) is 0 Å². The summed E-state index contributed by atoms with van der Waals surface area (Å²) in [6, 6.07) is 0. The van der Waals surface area contributed by atoms with Crippen LogP contribution in [-0.2, 0) is 4.79 Å². The molecule has 0 aromatic heterocycles. The number of amides is 1. The molecule has 0 saturated heterocycles. The van der Waals surface area contributed by atoms with E-state index in [2.05, 4.69) is 5.73 Å². The molecular weight excluding hydrogens is 272 g/mol. The lowest BCUT2D eigenvalue weighted by atomic mass is 10.1. The second-order valence-electron chi connectivity index (χ2n) is 2.01. The van der Waals surface area contributed by atoms with Gasteiger partial charge in [0.1, 0.15) is 0 Å². The minimum Gasteiger partial charge on any atom is -0.364 e. The summed E-state index contributed by atoms with van der Waals surface area (Å²) in [5, 5.41) is 0. The molecule has 0 aliphatic rings. The van der Waals surface area contributed by atoms with E-state index < -0.39 is 22.6 Å². The summed E-state index contributed by atoms with van der Waals surface area (Å²) in [7, 11) is 0. The van der Waals surface area contributed by atoms with E-state index in [0.717, 1.165) is 15.9 Å². The van der Waals surface area contributed by atoms with Gasteiger partial charge in [0.05, 0.1) is 0 Å². The van der Waals surface area contributed by atoms with Gasteiger partial charge in [0.2, 0.25) is 0 Å². The minimum absolute atomic E-state index is 1.03. The van der Waals surface area contributed by atoms with Crippen molar-refractivity contribution in [2.45, 2.75) is 16.7 Å². The molecule has 0 fully saturated rings. The lowest BCUT2D eigenvalue weighted by Crippen LogP contribution is -2.57. The largest absolute Gasteiger partial charge is 0.393 e. The van der Waals surface area contributed by atoms with Gasteiger partial charge in [-0.25, -0.2) is 0 Å². The van der Waals surface area contributed by atoms with E-state index >= 15 is 0 Å².